The summed E-state index contributed by atoms with van der Waals surface area (Å²) in [5.74, 6) is 0. The molecule has 3 heteroatoms. The molecule has 0 bridgehead atoms. The van der Waals surface area contributed by atoms with E-state index in [0.717, 1.165) is 11.3 Å². The maximum Gasteiger partial charge on any atom is 0.0646 e. The number of aromatic nitrogens is 1. The van der Waals surface area contributed by atoms with Gasteiger partial charge in [-0.25, -0.2) is 0 Å². The van der Waals surface area contributed by atoms with Gasteiger partial charge in [0, 0.05) is 44.4 Å². The summed E-state index contributed by atoms with van der Waals surface area (Å²) in [6.45, 7) is 3.95. The van der Waals surface area contributed by atoms with Crippen LogP contribution in [0.25, 0.3) is 37.2 Å². The summed E-state index contributed by atoms with van der Waals surface area (Å²) in [6.07, 6.45) is 3.76. The molecule has 102 valence electrons. The molecule has 0 amide bonds. The number of hydrogen-bond acceptors (Lipinski definition) is 2. The fourth-order valence-electron chi connectivity index (χ4n) is 2.97. The maximum absolute atomic E-state index is 4.14. The molecule has 0 aliphatic carbocycles. The Kier molecular flexibility index (Phi) is 2.69. The van der Waals surface area contributed by atoms with Crippen LogP contribution in [0.1, 0.15) is 11.3 Å². The number of hydrogen-bond donors (Lipinski definition) is 1. The Bertz CT molecular complexity index is 1020. The number of aromatic amines is 1. The van der Waals surface area contributed by atoms with Crippen LogP contribution in [-0.4, -0.2) is 18.2 Å². The first-order valence-corrected chi connectivity index (χ1v) is 7.65. The molecule has 0 aliphatic rings. The normalized spacial score (nSPS) is 12.0. The van der Waals surface area contributed by atoms with Crippen molar-refractivity contribution in [3.05, 3.63) is 54.2 Å². The number of nitrogens with one attached hydrogen (secondary N) is 1. The second-order valence-corrected chi connectivity index (χ2v) is 6.09. The van der Waals surface area contributed by atoms with Gasteiger partial charge < -0.3 is 4.98 Å². The molecule has 2 nitrogen and oxygen atoms in total. The van der Waals surface area contributed by atoms with Gasteiger partial charge in [0.05, 0.1) is 11.2 Å². The van der Waals surface area contributed by atoms with E-state index in [0.29, 0.717) is 0 Å². The first kappa shape index (κ1) is 12.4. The highest BCUT2D eigenvalue weighted by Crippen LogP contribution is 2.39. The zero-order valence-electron chi connectivity index (χ0n) is 11.7. The molecule has 2 aromatic carbocycles. The molecule has 2 aromatic heterocycles. The number of nitrogens with zero attached hydrogens (tertiary/aromatic N) is 1. The minimum Gasteiger partial charge on any atom is -0.353 e. The van der Waals surface area contributed by atoms with Crippen molar-refractivity contribution in [2.45, 2.75) is 0 Å². The lowest BCUT2D eigenvalue weighted by atomic mass is 10.1. The summed E-state index contributed by atoms with van der Waals surface area (Å²) in [5, 5.41) is 3.81. The van der Waals surface area contributed by atoms with Gasteiger partial charge >= 0.3 is 0 Å². The lowest BCUT2D eigenvalue weighted by molar-refractivity contribution is 1.40. The molecule has 0 fully saturated rings. The van der Waals surface area contributed by atoms with E-state index in [9.17, 15) is 0 Å². The summed E-state index contributed by atoms with van der Waals surface area (Å²) >= 11 is 1.83. The summed E-state index contributed by atoms with van der Waals surface area (Å²) < 4.78 is 2.63. The molecule has 0 saturated carbocycles. The largest absolute Gasteiger partial charge is 0.353 e. The summed E-state index contributed by atoms with van der Waals surface area (Å²) in [4.78, 5) is 7.66. The van der Waals surface area contributed by atoms with Crippen LogP contribution in [0.3, 0.4) is 0 Å². The zero-order valence-corrected chi connectivity index (χ0v) is 12.5. The van der Waals surface area contributed by atoms with Crippen molar-refractivity contribution in [1.82, 2.24) is 4.98 Å². The highest BCUT2D eigenvalue weighted by molar-refractivity contribution is 7.26. The molecule has 4 aromatic rings. The van der Waals surface area contributed by atoms with Crippen LogP contribution < -0.4 is 0 Å². The molecule has 0 radical (unpaired) electrons. The van der Waals surface area contributed by atoms with Crippen LogP contribution in [0, 0.1) is 0 Å². The van der Waals surface area contributed by atoms with Crippen molar-refractivity contribution in [2.24, 2.45) is 4.99 Å². The van der Waals surface area contributed by atoms with Crippen LogP contribution >= 0.6 is 11.3 Å². The van der Waals surface area contributed by atoms with E-state index < -0.39 is 0 Å². The van der Waals surface area contributed by atoms with Gasteiger partial charge in [0.2, 0.25) is 0 Å². The van der Waals surface area contributed by atoms with E-state index in [2.05, 4.69) is 53.0 Å². The van der Waals surface area contributed by atoms with E-state index in [1.807, 2.05) is 23.6 Å². The van der Waals surface area contributed by atoms with Crippen LogP contribution in [0.4, 0.5) is 0 Å². The predicted molar refractivity (Wildman–Crippen MR) is 94.8 cm³/mol. The third-order valence-corrected chi connectivity index (χ3v) is 4.98. The predicted octanol–water partition coefficient (Wildman–Crippen LogP) is 5.23. The Morgan fingerprint density at radius 3 is 2.76 bits per heavy atom. The number of H-pyrrole nitrogens is 1. The van der Waals surface area contributed by atoms with Gasteiger partial charge in [0.1, 0.15) is 0 Å². The SMILES string of the molecule is C=Cc1c(C=NC)[nH]c2c1ccc1sc3ccccc3c12. The maximum atomic E-state index is 4.14. The van der Waals surface area contributed by atoms with E-state index in [1.165, 1.54) is 31.1 Å². The summed E-state index contributed by atoms with van der Waals surface area (Å²) in [6, 6.07) is 12.9. The third-order valence-electron chi connectivity index (χ3n) is 3.85. The van der Waals surface area contributed by atoms with Crippen LogP contribution in [0.5, 0.6) is 0 Å². The van der Waals surface area contributed by atoms with Gasteiger partial charge in [-0.15, -0.1) is 11.3 Å². The van der Waals surface area contributed by atoms with E-state index in [-0.39, 0.29) is 0 Å². The number of fused-ring (bicyclic) bond motifs is 5. The number of aliphatic imine (C=N–C) groups is 1. The van der Waals surface area contributed by atoms with Crippen LogP contribution in [0.2, 0.25) is 0 Å². The molecule has 0 aliphatic heterocycles. The van der Waals surface area contributed by atoms with Crippen LogP contribution in [0.15, 0.2) is 48.0 Å². The molecule has 2 heterocycles. The Hall–Kier alpha value is -2.39. The Labute approximate surface area is 126 Å². The number of rotatable bonds is 2. The Morgan fingerprint density at radius 1 is 1.10 bits per heavy atom. The van der Waals surface area contributed by atoms with Crippen molar-refractivity contribution in [2.75, 3.05) is 7.05 Å². The number of thiophene rings is 1. The molecule has 0 atom stereocenters. The van der Waals surface area contributed by atoms with E-state index in [1.54, 1.807) is 7.05 Å². The lowest BCUT2D eigenvalue weighted by Gasteiger charge is -1.95. The average Bonchev–Trinajstić information content (AvgIpc) is 3.04. The van der Waals surface area contributed by atoms with Crippen molar-refractivity contribution in [3.8, 4) is 0 Å². The van der Waals surface area contributed by atoms with Gasteiger partial charge in [-0.1, -0.05) is 36.9 Å². The molecule has 21 heavy (non-hydrogen) atoms. The van der Waals surface area contributed by atoms with Crippen molar-refractivity contribution in [1.29, 1.82) is 0 Å². The van der Waals surface area contributed by atoms with Crippen molar-refractivity contribution in [3.63, 3.8) is 0 Å². The smallest absolute Gasteiger partial charge is 0.0646 e. The minimum absolute atomic E-state index is 1.02. The zero-order chi connectivity index (χ0) is 14.4. The first-order valence-electron chi connectivity index (χ1n) is 6.84. The summed E-state index contributed by atoms with van der Waals surface area (Å²) in [5.41, 5.74) is 3.31. The first-order chi connectivity index (χ1) is 10.3. The van der Waals surface area contributed by atoms with Gasteiger partial charge in [0.25, 0.3) is 0 Å². The average molecular weight is 290 g/mol. The van der Waals surface area contributed by atoms with E-state index >= 15 is 0 Å². The quantitative estimate of drug-likeness (QED) is 0.490. The monoisotopic (exact) mass is 290 g/mol. The van der Waals surface area contributed by atoms with Gasteiger partial charge in [0.15, 0.2) is 0 Å². The molecular weight excluding hydrogens is 276 g/mol. The topological polar surface area (TPSA) is 28.1 Å². The van der Waals surface area contributed by atoms with Crippen molar-refractivity contribution < 1.29 is 0 Å². The lowest BCUT2D eigenvalue weighted by Crippen LogP contribution is -1.82. The van der Waals surface area contributed by atoms with Crippen LogP contribution in [-0.2, 0) is 0 Å². The van der Waals surface area contributed by atoms with Crippen molar-refractivity contribution >= 4 is 54.7 Å². The summed E-state index contributed by atoms with van der Waals surface area (Å²) in [7, 11) is 1.79. The molecule has 4 rings (SSSR count). The standard InChI is InChI=1S/C18H14N2S/c1-3-11-12-8-9-16-17(18(12)20-14(11)10-19-2)13-6-4-5-7-15(13)21-16/h3-10,20H,1H2,2H3. The fraction of sp³-hybridized carbons (Fsp3) is 0.0556. The Morgan fingerprint density at radius 2 is 1.95 bits per heavy atom. The molecule has 0 saturated heterocycles. The fourth-order valence-corrected chi connectivity index (χ4v) is 4.08. The van der Waals surface area contributed by atoms with Gasteiger partial charge in [-0.3, -0.25) is 4.99 Å². The minimum atomic E-state index is 1.02. The van der Waals surface area contributed by atoms with E-state index in [4.69, 9.17) is 0 Å². The molecule has 1 N–H and O–H groups in total. The highest BCUT2D eigenvalue weighted by Gasteiger charge is 2.13. The second kappa shape index (κ2) is 4.57. The third kappa shape index (κ3) is 1.68. The van der Waals surface area contributed by atoms with Gasteiger partial charge in [-0.2, -0.15) is 0 Å². The molecule has 0 spiro atoms. The second-order valence-electron chi connectivity index (χ2n) is 5.00. The Balaban J connectivity index is 2.25. The number of benzene rings is 2. The molecule has 0 unspecified atom stereocenters. The molecular formula is C18H14N2S. The highest BCUT2D eigenvalue weighted by atomic mass is 32.1. The van der Waals surface area contributed by atoms with Gasteiger partial charge in [-0.05, 0) is 12.1 Å².